The maximum atomic E-state index is 11.4. The van der Waals surface area contributed by atoms with Crippen molar-refractivity contribution in [2.75, 3.05) is 18.6 Å². The highest BCUT2D eigenvalue weighted by Crippen LogP contribution is 2.08. The van der Waals surface area contributed by atoms with E-state index in [1.165, 1.54) is 11.1 Å². The molecule has 1 unspecified atom stereocenters. The second-order valence-electron chi connectivity index (χ2n) is 6.61. The molecule has 2 rings (SSSR count). The molecule has 0 amide bonds. The molecule has 158 valence electrons. The lowest BCUT2D eigenvalue weighted by atomic mass is 10.2. The zero-order valence-corrected chi connectivity index (χ0v) is 20.6. The quantitative estimate of drug-likeness (QED) is 0.286. The maximum absolute atomic E-state index is 11.4. The standard InChI is InChI=1S/C17H28N6O2S2.HI/c1-13(8-11-27(4,24)25)20-17(18-9-7-15-6-5-10-26-15)19-12-16-22-21-14(2)23(16)3;/h5-6,10,13H,7-9,11-12H2,1-4H3,(H2,18,19,20);1H. The highest BCUT2D eigenvalue weighted by molar-refractivity contribution is 14.0. The van der Waals surface area contributed by atoms with E-state index in [4.69, 9.17) is 0 Å². The molecule has 2 aromatic rings. The summed E-state index contributed by atoms with van der Waals surface area (Å²) < 4.78 is 24.7. The van der Waals surface area contributed by atoms with Crippen LogP contribution < -0.4 is 10.6 Å². The van der Waals surface area contributed by atoms with Gasteiger partial charge in [0.1, 0.15) is 22.2 Å². The van der Waals surface area contributed by atoms with Crippen LogP contribution in [0.5, 0.6) is 0 Å². The molecule has 28 heavy (non-hydrogen) atoms. The largest absolute Gasteiger partial charge is 0.356 e. The fourth-order valence-corrected chi connectivity index (χ4v) is 3.84. The van der Waals surface area contributed by atoms with Gasteiger partial charge in [-0.25, -0.2) is 13.4 Å². The number of halogens is 1. The van der Waals surface area contributed by atoms with Crippen LogP contribution in [0.4, 0.5) is 0 Å². The topological polar surface area (TPSA) is 101 Å². The first-order valence-corrected chi connectivity index (χ1v) is 11.8. The van der Waals surface area contributed by atoms with Gasteiger partial charge < -0.3 is 15.2 Å². The second-order valence-corrected chi connectivity index (χ2v) is 9.90. The third-order valence-corrected chi connectivity index (χ3v) is 6.02. The molecule has 0 fully saturated rings. The lowest BCUT2D eigenvalue weighted by Crippen LogP contribution is -2.43. The van der Waals surface area contributed by atoms with Gasteiger partial charge in [0.25, 0.3) is 0 Å². The molecule has 2 aromatic heterocycles. The van der Waals surface area contributed by atoms with Gasteiger partial charge in [-0.1, -0.05) is 6.07 Å². The number of nitrogens with one attached hydrogen (secondary N) is 2. The normalized spacial score (nSPS) is 13.1. The summed E-state index contributed by atoms with van der Waals surface area (Å²) in [6.07, 6.45) is 2.68. The summed E-state index contributed by atoms with van der Waals surface area (Å²) in [4.78, 5) is 5.90. The number of hydrogen-bond donors (Lipinski definition) is 2. The van der Waals surface area contributed by atoms with Crippen molar-refractivity contribution >= 4 is 51.1 Å². The lowest BCUT2D eigenvalue weighted by Gasteiger charge is -2.18. The Balaban J connectivity index is 0.00000392. The van der Waals surface area contributed by atoms with Crippen molar-refractivity contribution in [3.8, 4) is 0 Å². The van der Waals surface area contributed by atoms with Gasteiger partial charge in [-0.2, -0.15) is 0 Å². The first-order chi connectivity index (χ1) is 12.7. The highest BCUT2D eigenvalue weighted by atomic mass is 127. The van der Waals surface area contributed by atoms with E-state index in [2.05, 4.69) is 37.3 Å². The van der Waals surface area contributed by atoms with Crippen molar-refractivity contribution in [1.82, 2.24) is 25.4 Å². The van der Waals surface area contributed by atoms with E-state index in [1.807, 2.05) is 31.5 Å². The van der Waals surface area contributed by atoms with Crippen LogP contribution in [0.15, 0.2) is 22.5 Å². The molecular weight excluding hydrogens is 511 g/mol. The van der Waals surface area contributed by atoms with Crippen LogP contribution in [0.3, 0.4) is 0 Å². The Bertz CT molecular complexity index is 849. The number of thiophene rings is 1. The first kappa shape index (κ1) is 24.8. The fourth-order valence-electron chi connectivity index (χ4n) is 2.35. The Labute approximate surface area is 188 Å². The molecule has 0 saturated heterocycles. The molecule has 0 aliphatic heterocycles. The van der Waals surface area contributed by atoms with E-state index in [0.29, 0.717) is 18.9 Å². The summed E-state index contributed by atoms with van der Waals surface area (Å²) in [5.41, 5.74) is 0. The average molecular weight is 540 g/mol. The molecule has 0 bridgehead atoms. The van der Waals surface area contributed by atoms with Crippen LogP contribution in [-0.2, 0) is 29.9 Å². The number of guanidine groups is 1. The SMILES string of the molecule is Cc1nnc(CN=C(NCCc2cccs2)NC(C)CCS(C)(=O)=O)n1C.I. The van der Waals surface area contributed by atoms with E-state index in [-0.39, 0.29) is 35.8 Å². The Morgan fingerprint density at radius 2 is 2.14 bits per heavy atom. The van der Waals surface area contributed by atoms with Gasteiger partial charge in [0.15, 0.2) is 11.8 Å². The van der Waals surface area contributed by atoms with Gasteiger partial charge >= 0.3 is 0 Å². The molecular formula is C17H29IN6O2S2. The number of nitrogens with zero attached hydrogens (tertiary/aromatic N) is 4. The molecule has 0 aromatic carbocycles. The minimum absolute atomic E-state index is 0. The number of sulfone groups is 1. The Hall–Kier alpha value is -1.21. The third kappa shape index (κ3) is 8.86. The minimum atomic E-state index is -2.98. The van der Waals surface area contributed by atoms with E-state index in [9.17, 15) is 8.42 Å². The minimum Gasteiger partial charge on any atom is -0.356 e. The molecule has 0 saturated carbocycles. The predicted octanol–water partition coefficient (Wildman–Crippen LogP) is 1.90. The number of aromatic nitrogens is 3. The van der Waals surface area contributed by atoms with Crippen molar-refractivity contribution in [1.29, 1.82) is 0 Å². The smallest absolute Gasteiger partial charge is 0.191 e. The number of rotatable bonds is 9. The summed E-state index contributed by atoms with van der Waals surface area (Å²) in [7, 11) is -1.07. The van der Waals surface area contributed by atoms with Gasteiger partial charge in [-0.05, 0) is 38.1 Å². The van der Waals surface area contributed by atoms with E-state index < -0.39 is 9.84 Å². The maximum Gasteiger partial charge on any atom is 0.191 e. The molecule has 0 aliphatic rings. The van der Waals surface area contributed by atoms with E-state index in [0.717, 1.165) is 24.6 Å². The summed E-state index contributed by atoms with van der Waals surface area (Å²) >= 11 is 1.73. The first-order valence-electron chi connectivity index (χ1n) is 8.84. The molecule has 0 radical (unpaired) electrons. The fraction of sp³-hybridized carbons (Fsp3) is 0.588. The van der Waals surface area contributed by atoms with Crippen LogP contribution in [0.25, 0.3) is 0 Å². The average Bonchev–Trinajstić information content (AvgIpc) is 3.22. The molecule has 11 heteroatoms. The number of aryl methyl sites for hydroxylation is 1. The number of aliphatic imine (C=N–C) groups is 1. The predicted molar refractivity (Wildman–Crippen MR) is 125 cm³/mol. The summed E-state index contributed by atoms with van der Waals surface area (Å²) in [6, 6.07) is 4.12. The molecule has 1 atom stereocenters. The van der Waals surface area contributed by atoms with Crippen LogP contribution >= 0.6 is 35.3 Å². The Morgan fingerprint density at radius 3 is 2.71 bits per heavy atom. The Morgan fingerprint density at radius 1 is 1.39 bits per heavy atom. The molecule has 2 heterocycles. The van der Waals surface area contributed by atoms with Gasteiger partial charge in [0.05, 0.1) is 5.75 Å². The monoisotopic (exact) mass is 540 g/mol. The van der Waals surface area contributed by atoms with Crippen LogP contribution in [0.2, 0.25) is 0 Å². The molecule has 8 nitrogen and oxygen atoms in total. The second kappa shape index (κ2) is 11.7. The van der Waals surface area contributed by atoms with Gasteiger partial charge in [0.2, 0.25) is 0 Å². The third-order valence-electron chi connectivity index (χ3n) is 4.11. The Kier molecular flexibility index (Phi) is 10.4. The highest BCUT2D eigenvalue weighted by Gasteiger charge is 2.11. The van der Waals surface area contributed by atoms with Crippen LogP contribution in [-0.4, -0.2) is 53.7 Å². The van der Waals surface area contributed by atoms with E-state index >= 15 is 0 Å². The van der Waals surface area contributed by atoms with Crippen molar-refractivity contribution in [3.63, 3.8) is 0 Å². The van der Waals surface area contributed by atoms with Crippen LogP contribution in [0.1, 0.15) is 29.9 Å². The van der Waals surface area contributed by atoms with Gasteiger partial charge in [0, 0.05) is 30.8 Å². The molecule has 0 spiro atoms. The van der Waals surface area contributed by atoms with Crippen molar-refractivity contribution in [2.45, 2.75) is 39.3 Å². The van der Waals surface area contributed by atoms with Gasteiger partial charge in [-0.15, -0.1) is 45.5 Å². The van der Waals surface area contributed by atoms with Gasteiger partial charge in [-0.3, -0.25) is 0 Å². The summed E-state index contributed by atoms with van der Waals surface area (Å²) in [5.74, 6) is 2.40. The summed E-state index contributed by atoms with van der Waals surface area (Å²) in [6.45, 7) is 4.98. The number of hydrogen-bond acceptors (Lipinski definition) is 6. The lowest BCUT2D eigenvalue weighted by molar-refractivity contribution is 0.580. The van der Waals surface area contributed by atoms with E-state index in [1.54, 1.807) is 11.3 Å². The van der Waals surface area contributed by atoms with Crippen molar-refractivity contribution < 1.29 is 8.42 Å². The van der Waals surface area contributed by atoms with Crippen molar-refractivity contribution in [3.05, 3.63) is 34.0 Å². The zero-order chi connectivity index (χ0) is 19.9. The van der Waals surface area contributed by atoms with Crippen molar-refractivity contribution in [2.24, 2.45) is 12.0 Å². The molecule has 2 N–H and O–H groups in total. The van der Waals surface area contributed by atoms with Crippen LogP contribution in [0, 0.1) is 6.92 Å². The molecule has 0 aliphatic carbocycles. The summed E-state index contributed by atoms with van der Waals surface area (Å²) in [5, 5.41) is 16.8. The zero-order valence-electron chi connectivity index (χ0n) is 16.7.